The number of benzene rings is 2. The fourth-order valence-electron chi connectivity index (χ4n) is 6.66. The Balaban J connectivity index is 1.62. The Hall–Kier alpha value is -4.62. The molecule has 1 aliphatic heterocycles. The molecular weight excluding hydrogens is 542 g/mol. The highest BCUT2D eigenvalue weighted by molar-refractivity contribution is 5.94. The first kappa shape index (κ1) is 29.9. The van der Waals surface area contributed by atoms with E-state index in [1.54, 1.807) is 7.05 Å². The minimum absolute atomic E-state index is 0.0792. The molecule has 10 nitrogen and oxygen atoms in total. The molecule has 224 valence electrons. The van der Waals surface area contributed by atoms with Gasteiger partial charge in [-0.1, -0.05) is 36.5 Å². The predicted octanol–water partition coefficient (Wildman–Crippen LogP) is 3.22. The Bertz CT molecular complexity index is 1580. The van der Waals surface area contributed by atoms with Gasteiger partial charge in [0.15, 0.2) is 5.82 Å². The van der Waals surface area contributed by atoms with Crippen molar-refractivity contribution in [1.82, 2.24) is 31.0 Å². The van der Waals surface area contributed by atoms with Crippen molar-refractivity contribution in [3.8, 4) is 6.07 Å². The Morgan fingerprint density at radius 2 is 1.84 bits per heavy atom. The average molecular weight is 582 g/mol. The molecule has 2 aliphatic rings. The molecule has 4 N–H and O–H groups in total. The molecule has 0 radical (unpaired) electrons. The van der Waals surface area contributed by atoms with Gasteiger partial charge >= 0.3 is 5.76 Å². The van der Waals surface area contributed by atoms with Crippen LogP contribution in [-0.2, 0) is 18.3 Å². The van der Waals surface area contributed by atoms with Crippen molar-refractivity contribution >= 4 is 11.6 Å². The van der Waals surface area contributed by atoms with Gasteiger partial charge in [-0.2, -0.15) is 5.26 Å². The highest BCUT2D eigenvalue weighted by Gasteiger charge is 2.45. The van der Waals surface area contributed by atoms with Crippen molar-refractivity contribution < 1.29 is 9.32 Å². The lowest BCUT2D eigenvalue weighted by atomic mass is 9.67. The van der Waals surface area contributed by atoms with E-state index in [9.17, 15) is 14.9 Å². The van der Waals surface area contributed by atoms with E-state index in [4.69, 9.17) is 4.52 Å². The topological polar surface area (TPSA) is 139 Å². The number of aromatic nitrogens is 2. The normalized spacial score (nSPS) is 19.9. The Labute approximate surface area is 251 Å². The van der Waals surface area contributed by atoms with Crippen molar-refractivity contribution in [2.45, 2.75) is 56.5 Å². The number of carbonyl (C=O) groups is 1. The molecule has 2 heterocycles. The molecule has 2 aromatic carbocycles. The zero-order chi connectivity index (χ0) is 30.7. The van der Waals surface area contributed by atoms with Gasteiger partial charge in [-0.3, -0.25) is 14.3 Å². The summed E-state index contributed by atoms with van der Waals surface area (Å²) in [5.74, 6) is -0.385. The summed E-state index contributed by atoms with van der Waals surface area (Å²) in [7, 11) is 3.46. The predicted molar refractivity (Wildman–Crippen MR) is 165 cm³/mol. The third-order valence-electron chi connectivity index (χ3n) is 8.85. The van der Waals surface area contributed by atoms with E-state index in [2.05, 4.69) is 69.3 Å². The number of likely N-dealkylation sites (tertiary alicyclic amines) is 1. The number of hydrogen-bond acceptors (Lipinski definition) is 8. The number of carbonyl (C=O) groups excluding carboxylic acids is 1. The van der Waals surface area contributed by atoms with Crippen LogP contribution in [0.15, 0.2) is 64.6 Å². The second-order valence-corrected chi connectivity index (χ2v) is 11.4. The summed E-state index contributed by atoms with van der Waals surface area (Å²) in [5, 5.41) is 23.3. The van der Waals surface area contributed by atoms with E-state index in [-0.39, 0.29) is 18.0 Å². The van der Waals surface area contributed by atoms with Gasteiger partial charge in [-0.05, 0) is 85.0 Å². The lowest BCUT2D eigenvalue weighted by molar-refractivity contribution is 0.0963. The molecule has 1 aromatic heterocycles. The first-order valence-corrected chi connectivity index (χ1v) is 14.7. The Kier molecular flexibility index (Phi) is 8.55. The molecule has 0 saturated carbocycles. The number of fused-ring (bicyclic) bond motifs is 2. The monoisotopic (exact) mass is 581 g/mol. The summed E-state index contributed by atoms with van der Waals surface area (Å²) in [6.45, 7) is 11.9. The summed E-state index contributed by atoms with van der Waals surface area (Å²) < 4.78 is 5.12. The smallest absolute Gasteiger partial charge is 0.388 e. The van der Waals surface area contributed by atoms with Gasteiger partial charge in [0.25, 0.3) is 5.91 Å². The molecule has 0 spiro atoms. The molecule has 1 saturated heterocycles. The van der Waals surface area contributed by atoms with E-state index >= 15 is 0 Å². The van der Waals surface area contributed by atoms with Crippen LogP contribution in [0.4, 0.5) is 0 Å². The van der Waals surface area contributed by atoms with Gasteiger partial charge in [-0.15, -0.1) is 0 Å². The number of aromatic amines is 1. The molecule has 2 unspecified atom stereocenters. The minimum Gasteiger partial charge on any atom is -0.388 e. The molecule has 3 aromatic rings. The first-order valence-electron chi connectivity index (χ1n) is 14.7. The van der Waals surface area contributed by atoms with E-state index in [1.165, 1.54) is 0 Å². The minimum atomic E-state index is -0.898. The van der Waals surface area contributed by atoms with Crippen LogP contribution >= 0.6 is 0 Å². The summed E-state index contributed by atoms with van der Waals surface area (Å²) in [4.78, 5) is 30.0. The van der Waals surface area contributed by atoms with Crippen LogP contribution in [-0.4, -0.2) is 60.2 Å². The number of hydrogen-bond donors (Lipinski definition) is 4. The third-order valence-corrected chi connectivity index (χ3v) is 8.85. The maximum atomic E-state index is 12.6. The van der Waals surface area contributed by atoms with Gasteiger partial charge in [0.05, 0.1) is 11.5 Å². The Morgan fingerprint density at radius 1 is 1.16 bits per heavy atom. The SMILES string of the molecule is C=C(NC)c1ccc2c(c1)CCc1cc(C(=O)NC)ccc1C2(C[C@@H](C)NCC(=C)N1CCCC1C#N)c1noc(=O)[nH]1. The van der Waals surface area contributed by atoms with Crippen molar-refractivity contribution in [1.29, 1.82) is 5.26 Å². The fraction of sp³-hybridized carbons (Fsp3) is 0.394. The van der Waals surface area contributed by atoms with E-state index in [0.29, 0.717) is 30.8 Å². The summed E-state index contributed by atoms with van der Waals surface area (Å²) >= 11 is 0. The summed E-state index contributed by atoms with van der Waals surface area (Å²) in [6, 6.07) is 14.2. The van der Waals surface area contributed by atoms with Crippen LogP contribution < -0.4 is 21.7 Å². The molecule has 1 fully saturated rings. The maximum Gasteiger partial charge on any atom is 0.438 e. The third kappa shape index (κ3) is 5.60. The molecule has 1 aliphatic carbocycles. The second-order valence-electron chi connectivity index (χ2n) is 11.4. The number of nitrogens with zero attached hydrogens (tertiary/aromatic N) is 3. The van der Waals surface area contributed by atoms with Crippen molar-refractivity contribution in [3.05, 3.63) is 105 Å². The van der Waals surface area contributed by atoms with E-state index in [0.717, 1.165) is 65.0 Å². The van der Waals surface area contributed by atoms with Crippen LogP contribution in [0.1, 0.15) is 70.2 Å². The maximum absolute atomic E-state index is 12.6. The van der Waals surface area contributed by atoms with Crippen LogP contribution in [0.25, 0.3) is 5.70 Å². The van der Waals surface area contributed by atoms with Crippen LogP contribution in [0.5, 0.6) is 0 Å². The first-order chi connectivity index (χ1) is 20.7. The van der Waals surface area contributed by atoms with Gasteiger partial charge in [-0.25, -0.2) is 4.79 Å². The molecule has 10 heteroatoms. The second kappa shape index (κ2) is 12.3. The number of amides is 1. The number of nitriles is 1. The van der Waals surface area contributed by atoms with Crippen molar-refractivity contribution in [3.63, 3.8) is 0 Å². The highest BCUT2D eigenvalue weighted by atomic mass is 16.5. The standard InChI is InChI=1S/C33H39N7O3/c1-20(37-19-21(2)40-14-6-7-27(40)18-34)17-33(31-38-32(42)43-39-31)28-12-10-23(22(3)35-4)15-24(28)8-9-25-16-26(30(41)36-5)11-13-29(25)33/h10-13,15-16,20,27,35,37H,2-3,6-9,14,17,19H2,1,4-5H3,(H,36,41)(H,38,39,42)/t20-,27?,33?/m1/s1. The largest absolute Gasteiger partial charge is 0.438 e. The number of H-pyrrole nitrogens is 1. The highest BCUT2D eigenvalue weighted by Crippen LogP contribution is 2.47. The number of aryl methyl sites for hydroxylation is 2. The van der Waals surface area contributed by atoms with Crippen molar-refractivity contribution in [2.24, 2.45) is 0 Å². The van der Waals surface area contributed by atoms with Crippen LogP contribution in [0.3, 0.4) is 0 Å². The zero-order valence-electron chi connectivity index (χ0n) is 25.0. The number of rotatable bonds is 10. The molecular formula is C33H39N7O3. The molecule has 0 bridgehead atoms. The zero-order valence-corrected chi connectivity index (χ0v) is 25.0. The quantitative estimate of drug-likeness (QED) is 0.286. The van der Waals surface area contributed by atoms with E-state index < -0.39 is 11.2 Å². The van der Waals surface area contributed by atoms with Crippen LogP contribution in [0.2, 0.25) is 0 Å². The lowest BCUT2D eigenvalue weighted by Gasteiger charge is -2.37. The van der Waals surface area contributed by atoms with Crippen molar-refractivity contribution in [2.75, 3.05) is 27.2 Å². The number of nitrogens with one attached hydrogen (secondary N) is 4. The summed E-state index contributed by atoms with van der Waals surface area (Å²) in [6.07, 6.45) is 3.76. The van der Waals surface area contributed by atoms with Gasteiger partial charge in [0, 0.05) is 50.2 Å². The molecule has 1 amide bonds. The van der Waals surface area contributed by atoms with Crippen LogP contribution in [0, 0.1) is 11.3 Å². The van der Waals surface area contributed by atoms with E-state index in [1.807, 2.05) is 31.3 Å². The fourth-order valence-corrected chi connectivity index (χ4v) is 6.66. The lowest BCUT2D eigenvalue weighted by Crippen LogP contribution is -2.42. The average Bonchev–Trinajstić information content (AvgIpc) is 3.67. The summed E-state index contributed by atoms with van der Waals surface area (Å²) in [5.41, 5.74) is 6.39. The molecule has 3 atom stereocenters. The van der Waals surface area contributed by atoms with Gasteiger partial charge < -0.3 is 20.9 Å². The Morgan fingerprint density at radius 3 is 2.44 bits per heavy atom. The molecule has 5 rings (SSSR count). The van der Waals surface area contributed by atoms with Gasteiger partial charge in [0.2, 0.25) is 0 Å². The molecule has 43 heavy (non-hydrogen) atoms. The van der Waals surface area contributed by atoms with Gasteiger partial charge in [0.1, 0.15) is 6.04 Å².